The van der Waals surface area contributed by atoms with Gasteiger partial charge in [0.1, 0.15) is 17.6 Å². The van der Waals surface area contributed by atoms with E-state index in [1.54, 1.807) is 31.4 Å². The lowest BCUT2D eigenvalue weighted by molar-refractivity contribution is -0.384. The van der Waals surface area contributed by atoms with E-state index >= 15 is 0 Å². The topological polar surface area (TPSA) is 106 Å². The highest BCUT2D eigenvalue weighted by Gasteiger charge is 2.34. The monoisotopic (exact) mass is 395 g/mol. The molecule has 0 aliphatic carbocycles. The molecule has 3 aromatic rings. The van der Waals surface area contributed by atoms with Crippen LogP contribution in [0.1, 0.15) is 12.0 Å². The number of hydrogen-bond acceptors (Lipinski definition) is 6. The minimum atomic E-state index is -0.506. The molecule has 0 bridgehead atoms. The fraction of sp³-hybridized carbons (Fsp3) is 0.200. The van der Waals surface area contributed by atoms with Crippen LogP contribution in [-0.4, -0.2) is 35.4 Å². The first-order chi connectivity index (χ1) is 14.0. The first-order valence-corrected chi connectivity index (χ1v) is 8.88. The smallest absolute Gasteiger partial charge is 0.331 e. The molecular weight excluding hydrogens is 378 g/mol. The summed E-state index contributed by atoms with van der Waals surface area (Å²) in [5, 5.41) is 11.5. The van der Waals surface area contributed by atoms with Gasteiger partial charge in [-0.3, -0.25) is 24.7 Å². The Kier molecular flexibility index (Phi) is 4.63. The quantitative estimate of drug-likeness (QED) is 0.482. The van der Waals surface area contributed by atoms with Gasteiger partial charge in [0.2, 0.25) is 5.91 Å². The standard InChI is InChI=1S/C20H17N3O6/c1-28-15-5-2-13(3-6-15)11-22-19(24)8-9-21(20(22)25)17-12-29-18-7-4-14(23(26)27)10-16(17)18/h2-7,10,12H,8-9,11H2,1H3. The lowest BCUT2D eigenvalue weighted by Gasteiger charge is -2.33. The van der Waals surface area contributed by atoms with Crippen molar-refractivity contribution in [3.05, 3.63) is 64.4 Å². The molecule has 0 N–H and O–H groups in total. The molecule has 1 aromatic heterocycles. The second kappa shape index (κ2) is 7.27. The summed E-state index contributed by atoms with van der Waals surface area (Å²) in [5.41, 5.74) is 1.51. The molecule has 148 valence electrons. The molecule has 2 aromatic carbocycles. The van der Waals surface area contributed by atoms with Gasteiger partial charge in [-0.2, -0.15) is 0 Å². The Hall–Kier alpha value is -3.88. The highest BCUT2D eigenvalue weighted by Crippen LogP contribution is 2.34. The van der Waals surface area contributed by atoms with Crippen molar-refractivity contribution in [3.8, 4) is 5.75 Å². The highest BCUT2D eigenvalue weighted by molar-refractivity contribution is 6.09. The van der Waals surface area contributed by atoms with E-state index in [2.05, 4.69) is 0 Å². The third kappa shape index (κ3) is 3.38. The molecule has 3 amide bonds. The fourth-order valence-electron chi connectivity index (χ4n) is 3.31. The molecule has 0 atom stereocenters. The van der Waals surface area contributed by atoms with Crippen LogP contribution in [-0.2, 0) is 11.3 Å². The number of carbonyl (C=O) groups excluding carboxylic acids is 2. The van der Waals surface area contributed by atoms with Crippen LogP contribution in [0.4, 0.5) is 16.2 Å². The molecule has 2 heterocycles. The van der Waals surface area contributed by atoms with Gasteiger partial charge in [-0.25, -0.2) is 4.79 Å². The predicted molar refractivity (Wildman–Crippen MR) is 104 cm³/mol. The third-order valence-electron chi connectivity index (χ3n) is 4.85. The Morgan fingerprint density at radius 3 is 2.62 bits per heavy atom. The number of hydrogen-bond donors (Lipinski definition) is 0. The number of methoxy groups -OCH3 is 1. The van der Waals surface area contributed by atoms with Crippen molar-refractivity contribution in [1.29, 1.82) is 0 Å². The van der Waals surface area contributed by atoms with E-state index in [1.165, 1.54) is 34.3 Å². The van der Waals surface area contributed by atoms with Gasteiger partial charge < -0.3 is 9.15 Å². The van der Waals surface area contributed by atoms with Gasteiger partial charge in [-0.15, -0.1) is 0 Å². The number of nitro groups is 1. The normalized spacial score (nSPS) is 14.5. The molecule has 1 aliphatic heterocycles. The maximum atomic E-state index is 13.1. The largest absolute Gasteiger partial charge is 0.497 e. The number of fused-ring (bicyclic) bond motifs is 1. The lowest BCUT2D eigenvalue weighted by Crippen LogP contribution is -2.52. The minimum absolute atomic E-state index is 0.101. The second-order valence-electron chi connectivity index (χ2n) is 6.57. The number of carbonyl (C=O) groups is 2. The van der Waals surface area contributed by atoms with Gasteiger partial charge >= 0.3 is 6.03 Å². The summed E-state index contributed by atoms with van der Waals surface area (Å²) in [6.07, 6.45) is 1.52. The number of urea groups is 1. The van der Waals surface area contributed by atoms with E-state index in [1.807, 2.05) is 0 Å². The van der Waals surface area contributed by atoms with Crippen molar-refractivity contribution in [3.63, 3.8) is 0 Å². The van der Waals surface area contributed by atoms with Crippen LogP contribution < -0.4 is 9.64 Å². The van der Waals surface area contributed by atoms with Crippen LogP contribution in [0.15, 0.2) is 53.1 Å². The van der Waals surface area contributed by atoms with Gasteiger partial charge in [-0.05, 0) is 23.8 Å². The number of benzene rings is 2. The molecule has 0 spiro atoms. The Morgan fingerprint density at radius 2 is 1.93 bits per heavy atom. The number of nitro benzene ring substituents is 1. The summed E-state index contributed by atoms with van der Waals surface area (Å²) < 4.78 is 10.6. The summed E-state index contributed by atoms with van der Waals surface area (Å²) >= 11 is 0. The molecular formula is C20H17N3O6. The molecule has 9 nitrogen and oxygen atoms in total. The Labute approximate surface area is 165 Å². The zero-order valence-corrected chi connectivity index (χ0v) is 15.5. The lowest BCUT2D eigenvalue weighted by atomic mass is 10.1. The Balaban J connectivity index is 1.64. The number of amides is 3. The zero-order chi connectivity index (χ0) is 20.5. The van der Waals surface area contributed by atoms with Crippen molar-refractivity contribution in [2.75, 3.05) is 18.6 Å². The first kappa shape index (κ1) is 18.5. The molecule has 29 heavy (non-hydrogen) atoms. The summed E-state index contributed by atoms with van der Waals surface area (Å²) in [7, 11) is 1.56. The molecule has 0 saturated carbocycles. The second-order valence-corrected chi connectivity index (χ2v) is 6.57. The number of imide groups is 1. The van der Waals surface area contributed by atoms with Gasteiger partial charge in [0.15, 0.2) is 0 Å². The summed E-state index contributed by atoms with van der Waals surface area (Å²) in [5.74, 6) is 0.402. The van der Waals surface area contributed by atoms with E-state index in [4.69, 9.17) is 9.15 Å². The average Bonchev–Trinajstić information content (AvgIpc) is 3.14. The Bertz CT molecular complexity index is 1110. The van der Waals surface area contributed by atoms with Crippen LogP contribution in [0, 0.1) is 10.1 Å². The number of rotatable bonds is 5. The van der Waals surface area contributed by atoms with E-state index < -0.39 is 11.0 Å². The number of ether oxygens (including phenoxy) is 1. The van der Waals surface area contributed by atoms with Crippen molar-refractivity contribution < 1.29 is 23.7 Å². The molecule has 1 aliphatic rings. The predicted octanol–water partition coefficient (Wildman–Crippen LogP) is 3.71. The number of nitrogens with zero attached hydrogens (tertiary/aromatic N) is 3. The SMILES string of the molecule is COc1ccc(CN2C(=O)CCN(c3coc4ccc([N+](=O)[O-])cc34)C2=O)cc1. The zero-order valence-electron chi connectivity index (χ0n) is 15.5. The summed E-state index contributed by atoms with van der Waals surface area (Å²) in [6, 6.07) is 10.8. The first-order valence-electron chi connectivity index (χ1n) is 8.88. The van der Waals surface area contributed by atoms with Gasteiger partial charge in [0.25, 0.3) is 5.69 Å². The van der Waals surface area contributed by atoms with E-state index in [0.29, 0.717) is 22.4 Å². The van der Waals surface area contributed by atoms with Crippen molar-refractivity contribution in [2.45, 2.75) is 13.0 Å². The minimum Gasteiger partial charge on any atom is -0.497 e. The number of non-ortho nitro benzene ring substituents is 1. The molecule has 0 radical (unpaired) electrons. The van der Waals surface area contributed by atoms with Gasteiger partial charge in [0, 0.05) is 25.1 Å². The average molecular weight is 395 g/mol. The summed E-state index contributed by atoms with van der Waals surface area (Å²) in [4.78, 5) is 38.6. The summed E-state index contributed by atoms with van der Waals surface area (Å²) in [6.45, 7) is 0.294. The molecule has 1 fully saturated rings. The van der Waals surface area contributed by atoms with E-state index in [-0.39, 0.29) is 31.1 Å². The fourth-order valence-corrected chi connectivity index (χ4v) is 3.31. The van der Waals surface area contributed by atoms with Crippen molar-refractivity contribution in [2.24, 2.45) is 0 Å². The number of anilines is 1. The van der Waals surface area contributed by atoms with Crippen molar-refractivity contribution in [1.82, 2.24) is 4.90 Å². The van der Waals surface area contributed by atoms with Gasteiger partial charge in [0.05, 0.1) is 29.7 Å². The maximum absolute atomic E-state index is 13.1. The third-order valence-corrected chi connectivity index (χ3v) is 4.85. The van der Waals surface area contributed by atoms with Crippen LogP contribution in [0.5, 0.6) is 5.75 Å². The van der Waals surface area contributed by atoms with Crippen LogP contribution in [0.25, 0.3) is 11.0 Å². The van der Waals surface area contributed by atoms with Crippen LogP contribution in [0.2, 0.25) is 0 Å². The maximum Gasteiger partial charge on any atom is 0.331 e. The van der Waals surface area contributed by atoms with E-state index in [9.17, 15) is 19.7 Å². The van der Waals surface area contributed by atoms with Crippen LogP contribution >= 0.6 is 0 Å². The highest BCUT2D eigenvalue weighted by atomic mass is 16.6. The molecule has 0 unspecified atom stereocenters. The van der Waals surface area contributed by atoms with E-state index in [0.717, 1.165) is 5.56 Å². The molecule has 4 rings (SSSR count). The molecule has 1 saturated heterocycles. The van der Waals surface area contributed by atoms with Gasteiger partial charge in [-0.1, -0.05) is 12.1 Å². The Morgan fingerprint density at radius 1 is 1.17 bits per heavy atom. The molecule has 9 heteroatoms. The van der Waals surface area contributed by atoms with Crippen molar-refractivity contribution >= 4 is 34.3 Å². The number of furan rings is 1. The van der Waals surface area contributed by atoms with Crippen LogP contribution in [0.3, 0.4) is 0 Å².